The van der Waals surface area contributed by atoms with Crippen molar-refractivity contribution >= 4 is 11.6 Å². The van der Waals surface area contributed by atoms with Crippen LogP contribution < -0.4 is 5.32 Å². The summed E-state index contributed by atoms with van der Waals surface area (Å²) in [6.45, 7) is 7.65. The Morgan fingerprint density at radius 3 is 2.39 bits per heavy atom. The van der Waals surface area contributed by atoms with E-state index in [1.54, 1.807) is 0 Å². The van der Waals surface area contributed by atoms with E-state index in [9.17, 15) is 0 Å². The van der Waals surface area contributed by atoms with Crippen molar-refractivity contribution in [3.8, 4) is 0 Å². The third-order valence-electron chi connectivity index (χ3n) is 3.67. The molecule has 1 aromatic rings. The minimum atomic E-state index is 0.000162. The quantitative estimate of drug-likeness (QED) is 0.846. The molecule has 0 aliphatic carbocycles. The Bertz CT molecular complexity index is 375. The van der Waals surface area contributed by atoms with E-state index in [2.05, 4.69) is 51.1 Å². The topological polar surface area (TPSA) is 15.3 Å². The van der Waals surface area contributed by atoms with Gasteiger partial charge < -0.3 is 10.2 Å². The molecule has 1 atom stereocenters. The molecule has 3 heteroatoms. The van der Waals surface area contributed by atoms with E-state index in [1.807, 2.05) is 18.2 Å². The summed E-state index contributed by atoms with van der Waals surface area (Å²) in [4.78, 5) is 2.24. The Morgan fingerprint density at radius 1 is 1.28 bits per heavy atom. The second-order valence-electron chi connectivity index (χ2n) is 5.46. The minimum Gasteiger partial charge on any atom is -0.308 e. The number of halogens is 1. The largest absolute Gasteiger partial charge is 0.308 e. The molecule has 0 radical (unpaired) electrons. The monoisotopic (exact) mass is 268 g/mol. The van der Waals surface area contributed by atoms with Crippen molar-refractivity contribution in [2.75, 3.05) is 20.6 Å². The second kappa shape index (κ2) is 6.55. The van der Waals surface area contributed by atoms with Crippen LogP contribution in [-0.2, 0) is 0 Å². The van der Waals surface area contributed by atoms with Gasteiger partial charge in [-0.2, -0.15) is 0 Å². The highest BCUT2D eigenvalue weighted by atomic mass is 35.5. The number of likely N-dealkylation sites (N-methyl/N-ethyl adjacent to an activating group) is 1. The van der Waals surface area contributed by atoms with E-state index < -0.39 is 0 Å². The molecule has 0 aromatic heterocycles. The molecule has 102 valence electrons. The van der Waals surface area contributed by atoms with Crippen LogP contribution in [0, 0.1) is 0 Å². The van der Waals surface area contributed by atoms with Crippen LogP contribution >= 0.6 is 11.6 Å². The molecule has 0 aliphatic heterocycles. The van der Waals surface area contributed by atoms with Gasteiger partial charge in [0.1, 0.15) is 0 Å². The van der Waals surface area contributed by atoms with E-state index in [-0.39, 0.29) is 11.6 Å². The van der Waals surface area contributed by atoms with Crippen LogP contribution in [0.15, 0.2) is 24.3 Å². The molecular formula is C15H25ClN2. The summed E-state index contributed by atoms with van der Waals surface area (Å²) in [5, 5.41) is 4.46. The van der Waals surface area contributed by atoms with Crippen LogP contribution in [0.1, 0.15) is 38.8 Å². The van der Waals surface area contributed by atoms with Gasteiger partial charge in [0.05, 0.1) is 6.04 Å². The van der Waals surface area contributed by atoms with Crippen molar-refractivity contribution in [2.24, 2.45) is 0 Å². The molecule has 0 amide bonds. The third-order valence-corrected chi connectivity index (χ3v) is 4.02. The first kappa shape index (κ1) is 15.5. The lowest BCUT2D eigenvalue weighted by molar-refractivity contribution is 0.138. The normalized spacial score (nSPS) is 13.9. The zero-order valence-electron chi connectivity index (χ0n) is 12.1. The Balaban J connectivity index is 3.09. The van der Waals surface area contributed by atoms with Crippen LogP contribution in [0.2, 0.25) is 5.02 Å². The van der Waals surface area contributed by atoms with Gasteiger partial charge in [0, 0.05) is 10.6 Å². The van der Waals surface area contributed by atoms with Gasteiger partial charge in [-0.15, -0.1) is 0 Å². The number of benzene rings is 1. The fraction of sp³-hybridized carbons (Fsp3) is 0.600. The van der Waals surface area contributed by atoms with Crippen molar-refractivity contribution in [1.29, 1.82) is 0 Å². The van der Waals surface area contributed by atoms with Gasteiger partial charge in [-0.3, -0.25) is 0 Å². The van der Waals surface area contributed by atoms with Crippen molar-refractivity contribution < 1.29 is 0 Å². The van der Waals surface area contributed by atoms with Crippen LogP contribution in [0.5, 0.6) is 0 Å². The molecule has 0 bridgehead atoms. The lowest BCUT2D eigenvalue weighted by Gasteiger charge is -2.41. The van der Waals surface area contributed by atoms with Crippen molar-refractivity contribution in [3.05, 3.63) is 34.9 Å². The molecule has 1 aromatic carbocycles. The van der Waals surface area contributed by atoms with Crippen LogP contribution in [0.4, 0.5) is 0 Å². The highest BCUT2D eigenvalue weighted by molar-refractivity contribution is 6.31. The fourth-order valence-corrected chi connectivity index (χ4v) is 2.24. The summed E-state index contributed by atoms with van der Waals surface area (Å²) >= 11 is 6.35. The maximum atomic E-state index is 6.35. The summed E-state index contributed by atoms with van der Waals surface area (Å²) in [6.07, 6.45) is 1.12. The van der Waals surface area contributed by atoms with Gasteiger partial charge in [0.25, 0.3) is 0 Å². The maximum Gasteiger partial charge on any atom is 0.0516 e. The third kappa shape index (κ3) is 3.47. The SMILES string of the molecule is CCCNC(c1ccccc1Cl)C(C)(C)N(C)C. The highest BCUT2D eigenvalue weighted by Gasteiger charge is 2.33. The Kier molecular flexibility index (Phi) is 5.64. The Labute approximate surface area is 116 Å². The molecule has 0 saturated carbocycles. The first-order valence-electron chi connectivity index (χ1n) is 6.56. The predicted octanol–water partition coefficient (Wildman–Crippen LogP) is 3.72. The minimum absolute atomic E-state index is 0.000162. The summed E-state index contributed by atoms with van der Waals surface area (Å²) < 4.78 is 0. The molecule has 1 rings (SSSR count). The van der Waals surface area contributed by atoms with E-state index in [0.29, 0.717) is 0 Å². The van der Waals surface area contributed by atoms with Crippen molar-refractivity contribution in [3.63, 3.8) is 0 Å². The lowest BCUT2D eigenvalue weighted by atomic mass is 9.87. The first-order chi connectivity index (χ1) is 8.41. The summed E-state index contributed by atoms with van der Waals surface area (Å²) in [5.74, 6) is 0. The fourth-order valence-electron chi connectivity index (χ4n) is 2.00. The molecular weight excluding hydrogens is 244 g/mol. The van der Waals surface area contributed by atoms with E-state index in [1.165, 1.54) is 5.56 Å². The van der Waals surface area contributed by atoms with E-state index in [4.69, 9.17) is 11.6 Å². The maximum absolute atomic E-state index is 6.35. The van der Waals surface area contributed by atoms with E-state index >= 15 is 0 Å². The summed E-state index contributed by atoms with van der Waals surface area (Å²) in [7, 11) is 4.22. The highest BCUT2D eigenvalue weighted by Crippen LogP contribution is 2.33. The van der Waals surface area contributed by atoms with Gasteiger partial charge in [-0.05, 0) is 52.5 Å². The molecule has 0 saturated heterocycles. The molecule has 0 heterocycles. The van der Waals surface area contributed by atoms with Crippen LogP contribution in [0.25, 0.3) is 0 Å². The zero-order chi connectivity index (χ0) is 13.8. The van der Waals surface area contributed by atoms with Crippen molar-refractivity contribution in [1.82, 2.24) is 10.2 Å². The zero-order valence-corrected chi connectivity index (χ0v) is 12.9. The molecule has 1 N–H and O–H groups in total. The smallest absolute Gasteiger partial charge is 0.0516 e. The number of nitrogens with one attached hydrogen (secondary N) is 1. The van der Waals surface area contributed by atoms with Gasteiger partial charge in [0.2, 0.25) is 0 Å². The number of hydrogen-bond acceptors (Lipinski definition) is 2. The average Bonchev–Trinajstić information content (AvgIpc) is 2.31. The molecule has 0 fully saturated rings. The average molecular weight is 269 g/mol. The Morgan fingerprint density at radius 2 is 1.89 bits per heavy atom. The van der Waals surface area contributed by atoms with Gasteiger partial charge in [-0.25, -0.2) is 0 Å². The summed E-state index contributed by atoms with van der Waals surface area (Å²) in [5.41, 5.74) is 1.17. The Hall–Kier alpha value is -0.570. The molecule has 1 unspecified atom stereocenters. The standard InChI is InChI=1S/C15H25ClN2/c1-6-11-17-14(15(2,3)18(4)5)12-9-7-8-10-13(12)16/h7-10,14,17H,6,11H2,1-5H3. The van der Waals surface area contributed by atoms with E-state index in [0.717, 1.165) is 18.0 Å². The lowest BCUT2D eigenvalue weighted by Crippen LogP contribution is -2.49. The molecule has 18 heavy (non-hydrogen) atoms. The van der Waals surface area contributed by atoms with Crippen molar-refractivity contribution in [2.45, 2.75) is 38.8 Å². The van der Waals surface area contributed by atoms with Gasteiger partial charge in [-0.1, -0.05) is 36.7 Å². The van der Waals surface area contributed by atoms with Gasteiger partial charge >= 0.3 is 0 Å². The van der Waals surface area contributed by atoms with Crippen LogP contribution in [0.3, 0.4) is 0 Å². The molecule has 0 aliphatic rings. The van der Waals surface area contributed by atoms with Gasteiger partial charge in [0.15, 0.2) is 0 Å². The number of hydrogen-bond donors (Lipinski definition) is 1. The number of nitrogens with zero attached hydrogens (tertiary/aromatic N) is 1. The second-order valence-corrected chi connectivity index (χ2v) is 5.86. The predicted molar refractivity (Wildman–Crippen MR) is 80.3 cm³/mol. The first-order valence-corrected chi connectivity index (χ1v) is 6.94. The summed E-state index contributed by atoms with van der Waals surface area (Å²) in [6, 6.07) is 8.32. The molecule has 0 spiro atoms. The van der Waals surface area contributed by atoms with Crippen LogP contribution in [-0.4, -0.2) is 31.1 Å². The number of rotatable bonds is 6. The molecule has 2 nitrogen and oxygen atoms in total.